The maximum atomic E-state index is 12.5. The molecule has 2 aromatic rings. The van der Waals surface area contributed by atoms with Crippen molar-refractivity contribution in [3.05, 3.63) is 50.9 Å². The summed E-state index contributed by atoms with van der Waals surface area (Å²) in [5.74, 6) is -2.14. The molecule has 0 atom stereocenters. The van der Waals surface area contributed by atoms with Gasteiger partial charge in [0.05, 0.1) is 5.69 Å². The zero-order chi connectivity index (χ0) is 15.9. The summed E-state index contributed by atoms with van der Waals surface area (Å²) in [4.78, 5) is 23.4. The number of hydrogen-bond donors (Lipinski definition) is 1. The van der Waals surface area contributed by atoms with Crippen LogP contribution in [-0.2, 0) is 0 Å². The van der Waals surface area contributed by atoms with E-state index in [1.165, 1.54) is 6.92 Å². The van der Waals surface area contributed by atoms with Crippen molar-refractivity contribution < 1.29 is 18.0 Å². The number of H-pyrrole nitrogens is 1. The van der Waals surface area contributed by atoms with Crippen LogP contribution in [0.3, 0.4) is 0 Å². The molecule has 1 aromatic heterocycles. The summed E-state index contributed by atoms with van der Waals surface area (Å²) in [6.07, 6.45) is -5.08. The van der Waals surface area contributed by atoms with Gasteiger partial charge in [0.2, 0.25) is 0 Å². The third-order valence-electron chi connectivity index (χ3n) is 3.30. The second-order valence-corrected chi connectivity index (χ2v) is 4.85. The van der Waals surface area contributed by atoms with E-state index in [1.54, 1.807) is 18.2 Å². The predicted octanol–water partition coefficient (Wildman–Crippen LogP) is 2.84. The summed E-state index contributed by atoms with van der Waals surface area (Å²) in [7, 11) is 0. The molecule has 0 aliphatic carbocycles. The van der Waals surface area contributed by atoms with Crippen molar-refractivity contribution in [2.24, 2.45) is 0 Å². The van der Waals surface area contributed by atoms with Crippen LogP contribution in [0.5, 0.6) is 0 Å². The molecule has 21 heavy (non-hydrogen) atoms. The molecule has 0 unspecified atom stereocenters. The van der Waals surface area contributed by atoms with E-state index in [-0.39, 0.29) is 5.69 Å². The van der Waals surface area contributed by atoms with Gasteiger partial charge in [0.15, 0.2) is 0 Å². The van der Waals surface area contributed by atoms with E-state index >= 15 is 0 Å². The number of halogens is 3. The van der Waals surface area contributed by atoms with Crippen LogP contribution < -0.4 is 5.56 Å². The second kappa shape index (κ2) is 4.91. The Hall–Kier alpha value is -2.31. The first kappa shape index (κ1) is 15.1. The number of hydrogen-bond acceptors (Lipinski definition) is 2. The standard InChI is InChI=1S/C14H13F3N2O2/c1-7-4-5-10(6-8(7)2)19-13(21)11(9(3)18-19)12(20)14(15,16)17/h4-6,18H,1-3H3. The number of nitrogens with zero attached hydrogens (tertiary/aromatic N) is 1. The molecule has 112 valence electrons. The monoisotopic (exact) mass is 298 g/mol. The maximum Gasteiger partial charge on any atom is 0.455 e. The molecular formula is C14H13F3N2O2. The highest BCUT2D eigenvalue weighted by Crippen LogP contribution is 2.22. The second-order valence-electron chi connectivity index (χ2n) is 4.85. The molecule has 0 saturated heterocycles. The smallest absolute Gasteiger partial charge is 0.295 e. The highest BCUT2D eigenvalue weighted by Gasteiger charge is 2.42. The number of alkyl halides is 3. The van der Waals surface area contributed by atoms with Crippen molar-refractivity contribution in [1.29, 1.82) is 0 Å². The number of carbonyl (C=O) groups excluding carboxylic acids is 1. The number of benzene rings is 1. The van der Waals surface area contributed by atoms with E-state index in [2.05, 4.69) is 5.10 Å². The minimum atomic E-state index is -5.08. The van der Waals surface area contributed by atoms with Gasteiger partial charge in [-0.05, 0) is 44.0 Å². The van der Waals surface area contributed by atoms with E-state index < -0.39 is 23.1 Å². The molecule has 0 spiro atoms. The number of aromatic amines is 1. The van der Waals surface area contributed by atoms with E-state index in [0.717, 1.165) is 15.8 Å². The summed E-state index contributed by atoms with van der Waals surface area (Å²) in [6.45, 7) is 4.96. The maximum absolute atomic E-state index is 12.5. The van der Waals surface area contributed by atoms with E-state index in [1.807, 2.05) is 13.8 Å². The normalized spacial score (nSPS) is 11.7. The number of rotatable bonds is 2. The van der Waals surface area contributed by atoms with Crippen LogP contribution in [0, 0.1) is 20.8 Å². The Bertz CT molecular complexity index is 770. The average Bonchev–Trinajstić information content (AvgIpc) is 2.66. The Labute approximate surface area is 118 Å². The van der Waals surface area contributed by atoms with Gasteiger partial charge in [0, 0.05) is 5.69 Å². The molecule has 0 saturated carbocycles. The molecule has 0 aliphatic heterocycles. The molecule has 0 radical (unpaired) electrons. The quantitative estimate of drug-likeness (QED) is 0.867. The summed E-state index contributed by atoms with van der Waals surface area (Å²) in [5, 5.41) is 2.51. The summed E-state index contributed by atoms with van der Waals surface area (Å²) < 4.78 is 38.5. The SMILES string of the molecule is Cc1ccc(-n2[nH]c(C)c(C(=O)C(F)(F)F)c2=O)cc1C. The molecule has 0 bridgehead atoms. The third-order valence-corrected chi connectivity index (χ3v) is 3.30. The number of Topliss-reactive ketones (excluding diaryl/α,β-unsaturated/α-hetero) is 1. The Balaban J connectivity index is 2.61. The lowest BCUT2D eigenvalue weighted by molar-refractivity contribution is -0.0886. The molecule has 0 amide bonds. The molecule has 4 nitrogen and oxygen atoms in total. The summed E-state index contributed by atoms with van der Waals surface area (Å²) in [6, 6.07) is 5.01. The first-order chi connectivity index (χ1) is 9.62. The van der Waals surface area contributed by atoms with Crippen molar-refractivity contribution in [3.63, 3.8) is 0 Å². The number of aryl methyl sites for hydroxylation is 3. The fourth-order valence-corrected chi connectivity index (χ4v) is 2.00. The van der Waals surface area contributed by atoms with E-state index in [9.17, 15) is 22.8 Å². The topological polar surface area (TPSA) is 54.9 Å². The van der Waals surface area contributed by atoms with Gasteiger partial charge in [-0.1, -0.05) is 6.07 Å². The van der Waals surface area contributed by atoms with Gasteiger partial charge in [-0.15, -0.1) is 0 Å². The van der Waals surface area contributed by atoms with Crippen LogP contribution in [0.2, 0.25) is 0 Å². The van der Waals surface area contributed by atoms with Gasteiger partial charge in [-0.2, -0.15) is 13.2 Å². The highest BCUT2D eigenvalue weighted by molar-refractivity contribution is 6.00. The lowest BCUT2D eigenvalue weighted by Crippen LogP contribution is -2.29. The van der Waals surface area contributed by atoms with Gasteiger partial charge in [-0.3, -0.25) is 14.7 Å². The van der Waals surface area contributed by atoms with Gasteiger partial charge in [0.25, 0.3) is 11.3 Å². The van der Waals surface area contributed by atoms with Gasteiger partial charge in [0.1, 0.15) is 5.56 Å². The van der Waals surface area contributed by atoms with Crippen LogP contribution in [0.1, 0.15) is 27.2 Å². The molecule has 1 aromatic carbocycles. The molecular weight excluding hydrogens is 285 g/mol. The van der Waals surface area contributed by atoms with Crippen LogP contribution >= 0.6 is 0 Å². The Kier molecular flexibility index (Phi) is 3.52. The third kappa shape index (κ3) is 2.63. The van der Waals surface area contributed by atoms with Crippen molar-refractivity contribution in [2.45, 2.75) is 26.9 Å². The lowest BCUT2D eigenvalue weighted by atomic mass is 10.1. The Morgan fingerprint density at radius 2 is 1.76 bits per heavy atom. The van der Waals surface area contributed by atoms with Crippen LogP contribution in [0.4, 0.5) is 13.2 Å². The van der Waals surface area contributed by atoms with E-state index in [0.29, 0.717) is 5.69 Å². The van der Waals surface area contributed by atoms with Gasteiger partial charge in [-0.25, -0.2) is 4.68 Å². The fraction of sp³-hybridized carbons (Fsp3) is 0.286. The minimum Gasteiger partial charge on any atom is -0.295 e. The zero-order valence-electron chi connectivity index (χ0n) is 11.6. The van der Waals surface area contributed by atoms with Crippen LogP contribution in [0.15, 0.2) is 23.0 Å². The first-order valence-electron chi connectivity index (χ1n) is 6.13. The molecule has 1 N–H and O–H groups in total. The number of aromatic nitrogens is 2. The van der Waals surface area contributed by atoms with Gasteiger partial charge >= 0.3 is 6.18 Å². The van der Waals surface area contributed by atoms with E-state index in [4.69, 9.17) is 0 Å². The largest absolute Gasteiger partial charge is 0.455 e. The summed E-state index contributed by atoms with van der Waals surface area (Å²) >= 11 is 0. The Morgan fingerprint density at radius 3 is 2.29 bits per heavy atom. The first-order valence-corrected chi connectivity index (χ1v) is 6.13. The average molecular weight is 298 g/mol. The van der Waals surface area contributed by atoms with Crippen molar-refractivity contribution in [1.82, 2.24) is 9.78 Å². The molecule has 0 fully saturated rings. The van der Waals surface area contributed by atoms with Crippen molar-refractivity contribution >= 4 is 5.78 Å². The number of carbonyl (C=O) groups is 1. The molecule has 1 heterocycles. The number of ketones is 1. The van der Waals surface area contributed by atoms with Crippen molar-refractivity contribution in [3.8, 4) is 5.69 Å². The van der Waals surface area contributed by atoms with Crippen LogP contribution in [-0.4, -0.2) is 21.7 Å². The molecule has 0 aliphatic rings. The predicted molar refractivity (Wildman–Crippen MR) is 71.0 cm³/mol. The van der Waals surface area contributed by atoms with Crippen molar-refractivity contribution in [2.75, 3.05) is 0 Å². The highest BCUT2D eigenvalue weighted by atomic mass is 19.4. The molecule has 7 heteroatoms. The molecule has 2 rings (SSSR count). The number of nitrogens with one attached hydrogen (secondary N) is 1. The Morgan fingerprint density at radius 1 is 1.14 bits per heavy atom. The lowest BCUT2D eigenvalue weighted by Gasteiger charge is -2.05. The zero-order valence-corrected chi connectivity index (χ0v) is 11.6. The fourth-order valence-electron chi connectivity index (χ4n) is 2.00. The minimum absolute atomic E-state index is 0.111. The van der Waals surface area contributed by atoms with Crippen LogP contribution in [0.25, 0.3) is 5.69 Å². The van der Waals surface area contributed by atoms with Gasteiger partial charge < -0.3 is 0 Å². The summed E-state index contributed by atoms with van der Waals surface area (Å²) in [5.41, 5.74) is 0.267.